The molecule has 12 heavy (non-hydrogen) atoms. The Morgan fingerprint density at radius 2 is 2.33 bits per heavy atom. The molecule has 2 nitrogen and oxygen atoms in total. The molecule has 0 bridgehead atoms. The second-order valence-corrected chi connectivity index (χ2v) is 2.58. The SMILES string of the molecule is Cc1ccc(CNC=O)cc1F. The maximum atomic E-state index is 12.9. The first kappa shape index (κ1) is 8.71. The lowest BCUT2D eigenvalue weighted by Gasteiger charge is -2.01. The largest absolute Gasteiger partial charge is 0.355 e. The minimum Gasteiger partial charge on any atom is -0.355 e. The van der Waals surface area contributed by atoms with Gasteiger partial charge in [0.1, 0.15) is 5.82 Å². The molecule has 1 rings (SSSR count). The topological polar surface area (TPSA) is 29.1 Å². The third-order valence-electron chi connectivity index (χ3n) is 1.63. The van der Waals surface area contributed by atoms with Crippen LogP contribution in [0.2, 0.25) is 0 Å². The van der Waals surface area contributed by atoms with Crippen LogP contribution in [0.4, 0.5) is 4.39 Å². The predicted molar refractivity (Wildman–Crippen MR) is 44.0 cm³/mol. The van der Waals surface area contributed by atoms with Gasteiger partial charge in [0.05, 0.1) is 0 Å². The standard InChI is InChI=1S/C9H10FNO/c1-7-2-3-8(4-9(7)10)5-11-6-12/h2-4,6H,5H2,1H3,(H,11,12). The fourth-order valence-electron chi connectivity index (χ4n) is 0.906. The predicted octanol–water partition coefficient (Wildman–Crippen LogP) is 1.38. The monoisotopic (exact) mass is 167 g/mol. The Bertz CT molecular complexity index is 286. The highest BCUT2D eigenvalue weighted by atomic mass is 19.1. The average molecular weight is 167 g/mol. The van der Waals surface area contributed by atoms with E-state index < -0.39 is 0 Å². The third kappa shape index (κ3) is 2.05. The Balaban J connectivity index is 2.75. The molecule has 1 aromatic rings. The Labute approximate surface area is 70.4 Å². The van der Waals surface area contributed by atoms with Gasteiger partial charge < -0.3 is 5.32 Å². The summed E-state index contributed by atoms with van der Waals surface area (Å²) in [6.07, 6.45) is 0.595. The number of benzene rings is 1. The summed E-state index contributed by atoms with van der Waals surface area (Å²) in [7, 11) is 0. The number of carbonyl (C=O) groups excluding carboxylic acids is 1. The van der Waals surface area contributed by atoms with Crippen LogP contribution in [0.3, 0.4) is 0 Å². The van der Waals surface area contributed by atoms with Crippen molar-refractivity contribution in [2.75, 3.05) is 0 Å². The zero-order chi connectivity index (χ0) is 8.97. The van der Waals surface area contributed by atoms with Gasteiger partial charge in [0, 0.05) is 6.54 Å². The van der Waals surface area contributed by atoms with E-state index in [0.29, 0.717) is 18.5 Å². The normalized spacial score (nSPS) is 9.50. The molecular weight excluding hydrogens is 157 g/mol. The van der Waals surface area contributed by atoms with Crippen LogP contribution < -0.4 is 5.32 Å². The van der Waals surface area contributed by atoms with Crippen molar-refractivity contribution in [1.82, 2.24) is 5.32 Å². The highest BCUT2D eigenvalue weighted by molar-refractivity contribution is 5.46. The first-order valence-corrected chi connectivity index (χ1v) is 3.66. The van der Waals surface area contributed by atoms with Crippen LogP contribution in [0.15, 0.2) is 18.2 Å². The second kappa shape index (κ2) is 3.85. The van der Waals surface area contributed by atoms with E-state index >= 15 is 0 Å². The third-order valence-corrected chi connectivity index (χ3v) is 1.63. The molecule has 1 N–H and O–H groups in total. The number of hydrogen-bond acceptors (Lipinski definition) is 1. The maximum absolute atomic E-state index is 12.9. The van der Waals surface area contributed by atoms with Gasteiger partial charge in [-0.2, -0.15) is 0 Å². The fourth-order valence-corrected chi connectivity index (χ4v) is 0.906. The zero-order valence-corrected chi connectivity index (χ0v) is 6.80. The molecule has 0 spiro atoms. The lowest BCUT2D eigenvalue weighted by Crippen LogP contribution is -2.09. The summed E-state index contributed by atoms with van der Waals surface area (Å²) < 4.78 is 12.9. The molecular formula is C9H10FNO. The van der Waals surface area contributed by atoms with Gasteiger partial charge in [-0.3, -0.25) is 4.79 Å². The number of aryl methyl sites for hydroxylation is 1. The Hall–Kier alpha value is -1.38. The average Bonchev–Trinajstić information content (AvgIpc) is 2.07. The summed E-state index contributed by atoms with van der Waals surface area (Å²) in [5.41, 5.74) is 1.38. The Morgan fingerprint density at radius 1 is 1.58 bits per heavy atom. The van der Waals surface area contributed by atoms with E-state index in [-0.39, 0.29) is 5.82 Å². The molecule has 64 valence electrons. The molecule has 0 heterocycles. The smallest absolute Gasteiger partial charge is 0.207 e. The van der Waals surface area contributed by atoms with Crippen molar-refractivity contribution in [3.05, 3.63) is 35.1 Å². The number of hydrogen-bond donors (Lipinski definition) is 1. The van der Waals surface area contributed by atoms with E-state index in [2.05, 4.69) is 5.32 Å². The molecule has 3 heteroatoms. The molecule has 0 radical (unpaired) electrons. The summed E-state index contributed by atoms with van der Waals surface area (Å²) in [4.78, 5) is 9.93. The van der Waals surface area contributed by atoms with Crippen molar-refractivity contribution < 1.29 is 9.18 Å². The van der Waals surface area contributed by atoms with Gasteiger partial charge in [-0.25, -0.2) is 4.39 Å². The van der Waals surface area contributed by atoms with E-state index in [9.17, 15) is 9.18 Å². The van der Waals surface area contributed by atoms with Gasteiger partial charge in [0.2, 0.25) is 6.41 Å². The Kier molecular flexibility index (Phi) is 2.80. The van der Waals surface area contributed by atoms with Gasteiger partial charge in [-0.05, 0) is 24.1 Å². The molecule has 0 fully saturated rings. The number of carbonyl (C=O) groups is 1. The molecule has 0 aliphatic heterocycles. The van der Waals surface area contributed by atoms with Crippen LogP contribution in [-0.2, 0) is 11.3 Å². The van der Waals surface area contributed by atoms with Crippen LogP contribution in [0.5, 0.6) is 0 Å². The molecule has 0 aliphatic rings. The first-order chi connectivity index (χ1) is 5.74. The van der Waals surface area contributed by atoms with Crippen LogP contribution in [0.25, 0.3) is 0 Å². The highest BCUT2D eigenvalue weighted by Gasteiger charge is 1.97. The molecule has 0 saturated heterocycles. The summed E-state index contributed by atoms with van der Waals surface area (Å²) in [5.74, 6) is -0.236. The van der Waals surface area contributed by atoms with Gasteiger partial charge in [-0.15, -0.1) is 0 Å². The van der Waals surface area contributed by atoms with Gasteiger partial charge in [-0.1, -0.05) is 12.1 Å². The van der Waals surface area contributed by atoms with Crippen molar-refractivity contribution in [3.63, 3.8) is 0 Å². The maximum Gasteiger partial charge on any atom is 0.207 e. The van der Waals surface area contributed by atoms with E-state index in [1.165, 1.54) is 6.07 Å². The molecule has 1 aromatic carbocycles. The lowest BCUT2D eigenvalue weighted by molar-refractivity contribution is -0.109. The van der Waals surface area contributed by atoms with Crippen molar-refractivity contribution in [1.29, 1.82) is 0 Å². The highest BCUT2D eigenvalue weighted by Crippen LogP contribution is 2.08. The number of halogens is 1. The zero-order valence-electron chi connectivity index (χ0n) is 6.80. The number of rotatable bonds is 3. The fraction of sp³-hybridized carbons (Fsp3) is 0.222. The summed E-state index contributed by atoms with van der Waals surface area (Å²) >= 11 is 0. The molecule has 1 amide bonds. The molecule has 0 aromatic heterocycles. The Morgan fingerprint density at radius 3 is 2.92 bits per heavy atom. The van der Waals surface area contributed by atoms with E-state index in [1.807, 2.05) is 0 Å². The minimum atomic E-state index is -0.236. The number of amides is 1. The summed E-state index contributed by atoms with van der Waals surface area (Å²) in [6.45, 7) is 2.08. The van der Waals surface area contributed by atoms with Crippen molar-refractivity contribution in [3.8, 4) is 0 Å². The van der Waals surface area contributed by atoms with E-state index in [1.54, 1.807) is 19.1 Å². The quantitative estimate of drug-likeness (QED) is 0.677. The van der Waals surface area contributed by atoms with Crippen LogP contribution in [-0.4, -0.2) is 6.41 Å². The van der Waals surface area contributed by atoms with Crippen molar-refractivity contribution in [2.24, 2.45) is 0 Å². The molecule has 0 atom stereocenters. The van der Waals surface area contributed by atoms with Crippen molar-refractivity contribution >= 4 is 6.41 Å². The minimum absolute atomic E-state index is 0.236. The van der Waals surface area contributed by atoms with Gasteiger partial charge in [0.15, 0.2) is 0 Å². The first-order valence-electron chi connectivity index (χ1n) is 3.66. The van der Waals surface area contributed by atoms with E-state index in [0.717, 1.165) is 5.56 Å². The van der Waals surface area contributed by atoms with Crippen LogP contribution in [0.1, 0.15) is 11.1 Å². The van der Waals surface area contributed by atoms with Crippen LogP contribution >= 0.6 is 0 Å². The number of nitrogens with one attached hydrogen (secondary N) is 1. The molecule has 0 unspecified atom stereocenters. The van der Waals surface area contributed by atoms with Gasteiger partial charge in [0.25, 0.3) is 0 Å². The van der Waals surface area contributed by atoms with E-state index in [4.69, 9.17) is 0 Å². The lowest BCUT2D eigenvalue weighted by atomic mass is 10.1. The van der Waals surface area contributed by atoms with Crippen LogP contribution in [0, 0.1) is 12.7 Å². The second-order valence-electron chi connectivity index (χ2n) is 2.58. The molecule has 0 aliphatic carbocycles. The molecule has 0 saturated carbocycles. The van der Waals surface area contributed by atoms with Gasteiger partial charge >= 0.3 is 0 Å². The summed E-state index contributed by atoms with van der Waals surface area (Å²) in [5, 5.41) is 2.46. The van der Waals surface area contributed by atoms with Crippen molar-refractivity contribution in [2.45, 2.75) is 13.5 Å². The summed E-state index contributed by atoms with van der Waals surface area (Å²) in [6, 6.07) is 4.90.